The van der Waals surface area contributed by atoms with Crippen molar-refractivity contribution < 1.29 is 22.3 Å². The Balaban J connectivity index is 2.41. The molecule has 0 spiro atoms. The van der Waals surface area contributed by atoms with Crippen LogP contribution in [0.5, 0.6) is 0 Å². The van der Waals surface area contributed by atoms with E-state index in [4.69, 9.17) is 10.5 Å². The van der Waals surface area contributed by atoms with Gasteiger partial charge in [0.15, 0.2) is 9.84 Å². The number of rotatable bonds is 4. The molecule has 1 saturated carbocycles. The van der Waals surface area contributed by atoms with Gasteiger partial charge in [0.2, 0.25) is 0 Å². The fourth-order valence-electron chi connectivity index (χ4n) is 2.60. The Bertz CT molecular complexity index is 628. The zero-order chi connectivity index (χ0) is 15.1. The number of halogens is 1. The average molecular weight is 301 g/mol. The molecule has 0 aromatic heterocycles. The van der Waals surface area contributed by atoms with Crippen LogP contribution >= 0.6 is 0 Å². The van der Waals surface area contributed by atoms with Crippen molar-refractivity contribution in [3.63, 3.8) is 0 Å². The molecule has 20 heavy (non-hydrogen) atoms. The fourth-order valence-corrected chi connectivity index (χ4v) is 4.35. The Hall–Kier alpha value is -1.47. The minimum absolute atomic E-state index is 0.115. The summed E-state index contributed by atoms with van der Waals surface area (Å²) in [7, 11) is -3.53. The maximum absolute atomic E-state index is 12.9. The first kappa shape index (κ1) is 14.9. The second kappa shape index (κ2) is 4.82. The summed E-state index contributed by atoms with van der Waals surface area (Å²) in [4.78, 5) is 11.9. The Morgan fingerprint density at radius 3 is 2.40 bits per heavy atom. The van der Waals surface area contributed by atoms with Gasteiger partial charge in [0.25, 0.3) is 0 Å². The number of nitrogens with two attached hydrogens (primary N) is 1. The van der Waals surface area contributed by atoms with Gasteiger partial charge in [-0.15, -0.1) is 0 Å². The maximum atomic E-state index is 12.9. The van der Waals surface area contributed by atoms with Crippen molar-refractivity contribution in [2.45, 2.75) is 23.6 Å². The lowest BCUT2D eigenvalue weighted by atomic mass is 10.1. The minimum atomic E-state index is -3.53. The summed E-state index contributed by atoms with van der Waals surface area (Å²) in [5.41, 5.74) is 4.89. The smallest absolute Gasteiger partial charge is 0.328 e. The molecule has 1 fully saturated rings. The first-order valence-electron chi connectivity index (χ1n) is 6.13. The number of esters is 1. The molecule has 0 saturated heterocycles. The molecule has 0 amide bonds. The molecule has 0 unspecified atom stereocenters. The lowest BCUT2D eigenvalue weighted by Gasteiger charge is -2.10. The summed E-state index contributed by atoms with van der Waals surface area (Å²) >= 11 is 0. The molecule has 1 aliphatic carbocycles. The summed E-state index contributed by atoms with van der Waals surface area (Å²) < 4.78 is 41.4. The van der Waals surface area contributed by atoms with Gasteiger partial charge in [0, 0.05) is 12.2 Å². The zero-order valence-corrected chi connectivity index (χ0v) is 12.0. The van der Waals surface area contributed by atoms with Crippen LogP contribution in [0.15, 0.2) is 24.3 Å². The second-order valence-electron chi connectivity index (χ2n) is 4.93. The molecule has 3 atom stereocenters. The van der Waals surface area contributed by atoms with Crippen molar-refractivity contribution in [1.82, 2.24) is 0 Å². The van der Waals surface area contributed by atoms with Crippen LogP contribution in [-0.4, -0.2) is 38.0 Å². The SMILES string of the molecule is CCOC(=O)[C@]1(N)[C@H](c2ccc(F)cc2)[C@H]1S(C)(=O)=O. The van der Waals surface area contributed by atoms with Crippen molar-refractivity contribution in [2.75, 3.05) is 12.9 Å². The molecule has 0 aliphatic heterocycles. The zero-order valence-electron chi connectivity index (χ0n) is 11.2. The van der Waals surface area contributed by atoms with E-state index in [1.807, 2.05) is 0 Å². The summed E-state index contributed by atoms with van der Waals surface area (Å²) in [6, 6.07) is 5.29. The van der Waals surface area contributed by atoms with E-state index < -0.39 is 38.3 Å². The number of hydrogen-bond donors (Lipinski definition) is 1. The second-order valence-corrected chi connectivity index (χ2v) is 7.10. The van der Waals surface area contributed by atoms with Gasteiger partial charge in [-0.05, 0) is 24.6 Å². The minimum Gasteiger partial charge on any atom is -0.465 e. The first-order valence-corrected chi connectivity index (χ1v) is 8.08. The van der Waals surface area contributed by atoms with E-state index in [1.54, 1.807) is 6.92 Å². The van der Waals surface area contributed by atoms with Crippen LogP contribution in [0.25, 0.3) is 0 Å². The highest BCUT2D eigenvalue weighted by molar-refractivity contribution is 7.91. The number of benzene rings is 1. The summed E-state index contributed by atoms with van der Waals surface area (Å²) in [6.07, 6.45) is 1.03. The highest BCUT2D eigenvalue weighted by Crippen LogP contribution is 2.54. The standard InChI is InChI=1S/C13H16FNO4S/c1-3-19-12(16)13(15)10(11(13)20(2,17)18)8-4-6-9(14)7-5-8/h4-7,10-11H,3,15H2,1-2H3/t10-,11-,13+/m1/s1. The molecule has 5 nitrogen and oxygen atoms in total. The highest BCUT2D eigenvalue weighted by Gasteiger charge is 2.73. The van der Waals surface area contributed by atoms with Gasteiger partial charge in [-0.25, -0.2) is 17.6 Å². The van der Waals surface area contributed by atoms with E-state index in [9.17, 15) is 17.6 Å². The van der Waals surface area contributed by atoms with Gasteiger partial charge < -0.3 is 10.5 Å². The molecule has 1 aliphatic rings. The van der Waals surface area contributed by atoms with E-state index >= 15 is 0 Å². The molecule has 1 aromatic carbocycles. The average Bonchev–Trinajstić information content (AvgIpc) is 2.99. The Morgan fingerprint density at radius 2 is 1.95 bits per heavy atom. The summed E-state index contributed by atoms with van der Waals surface area (Å²) in [5, 5.41) is -1.04. The van der Waals surface area contributed by atoms with Gasteiger partial charge >= 0.3 is 5.97 Å². The van der Waals surface area contributed by atoms with Crippen LogP contribution in [0.2, 0.25) is 0 Å². The Labute approximate surface area is 116 Å². The van der Waals surface area contributed by atoms with Crippen molar-refractivity contribution in [3.05, 3.63) is 35.6 Å². The molecular weight excluding hydrogens is 285 g/mol. The van der Waals surface area contributed by atoms with E-state index in [2.05, 4.69) is 0 Å². The lowest BCUT2D eigenvalue weighted by Crippen LogP contribution is -2.41. The predicted octanol–water partition coefficient (Wildman–Crippen LogP) is 0.597. The molecule has 0 bridgehead atoms. The number of carbonyl (C=O) groups excluding carboxylic acids is 1. The van der Waals surface area contributed by atoms with E-state index in [0.717, 1.165) is 6.26 Å². The number of hydrogen-bond acceptors (Lipinski definition) is 5. The Morgan fingerprint density at radius 1 is 1.40 bits per heavy atom. The van der Waals surface area contributed by atoms with Crippen LogP contribution in [0.1, 0.15) is 18.4 Å². The van der Waals surface area contributed by atoms with Crippen molar-refractivity contribution in [3.8, 4) is 0 Å². The molecule has 1 aromatic rings. The third kappa shape index (κ3) is 2.31. The Kier molecular flexibility index (Phi) is 3.60. The van der Waals surface area contributed by atoms with Crippen molar-refractivity contribution >= 4 is 15.8 Å². The number of sulfone groups is 1. The molecule has 0 radical (unpaired) electrons. The third-order valence-electron chi connectivity index (χ3n) is 3.50. The largest absolute Gasteiger partial charge is 0.465 e. The number of carbonyl (C=O) groups is 1. The molecule has 0 heterocycles. The molecule has 7 heteroatoms. The first-order chi connectivity index (χ1) is 9.22. The van der Waals surface area contributed by atoms with Crippen LogP contribution in [0, 0.1) is 5.82 Å². The van der Waals surface area contributed by atoms with Crippen molar-refractivity contribution in [2.24, 2.45) is 5.73 Å². The van der Waals surface area contributed by atoms with Crippen LogP contribution < -0.4 is 5.73 Å². The quantitative estimate of drug-likeness (QED) is 0.823. The highest BCUT2D eigenvalue weighted by atomic mass is 32.2. The predicted molar refractivity (Wildman–Crippen MR) is 71.3 cm³/mol. The van der Waals surface area contributed by atoms with Gasteiger partial charge in [0.05, 0.1) is 11.9 Å². The maximum Gasteiger partial charge on any atom is 0.328 e. The molecular formula is C13H16FNO4S. The number of ether oxygens (including phenoxy) is 1. The summed E-state index contributed by atoms with van der Waals surface area (Å²) in [6.45, 7) is 1.73. The van der Waals surface area contributed by atoms with E-state index in [1.165, 1.54) is 24.3 Å². The van der Waals surface area contributed by atoms with Gasteiger partial charge in [-0.3, -0.25) is 0 Å². The fraction of sp³-hybridized carbons (Fsp3) is 0.462. The van der Waals surface area contributed by atoms with E-state index in [-0.39, 0.29) is 6.61 Å². The van der Waals surface area contributed by atoms with Crippen LogP contribution in [-0.2, 0) is 19.4 Å². The van der Waals surface area contributed by atoms with Gasteiger partial charge in [0.1, 0.15) is 11.4 Å². The topological polar surface area (TPSA) is 86.5 Å². The van der Waals surface area contributed by atoms with Gasteiger partial charge in [-0.1, -0.05) is 12.1 Å². The third-order valence-corrected chi connectivity index (χ3v) is 5.08. The molecule has 110 valence electrons. The normalized spacial score (nSPS) is 29.0. The van der Waals surface area contributed by atoms with Crippen LogP contribution in [0.4, 0.5) is 4.39 Å². The summed E-state index contributed by atoms with van der Waals surface area (Å²) in [5.74, 6) is -1.90. The monoisotopic (exact) mass is 301 g/mol. The van der Waals surface area contributed by atoms with Gasteiger partial charge in [-0.2, -0.15) is 0 Å². The lowest BCUT2D eigenvalue weighted by molar-refractivity contribution is -0.145. The molecule has 2 N–H and O–H groups in total. The van der Waals surface area contributed by atoms with Crippen LogP contribution in [0.3, 0.4) is 0 Å². The molecule has 2 rings (SSSR count). The van der Waals surface area contributed by atoms with E-state index in [0.29, 0.717) is 5.56 Å². The van der Waals surface area contributed by atoms with Crippen molar-refractivity contribution in [1.29, 1.82) is 0 Å².